The molecule has 1 aromatic carbocycles. The molecule has 4 rings (SSSR count). The van der Waals surface area contributed by atoms with E-state index in [-0.39, 0.29) is 11.8 Å². The first-order valence-corrected chi connectivity index (χ1v) is 11.5. The second-order valence-electron chi connectivity index (χ2n) is 7.57. The number of fused-ring (bicyclic) bond motifs is 3. The Kier molecular flexibility index (Phi) is 6.30. The maximum absolute atomic E-state index is 13.0. The van der Waals surface area contributed by atoms with Crippen molar-refractivity contribution in [2.24, 2.45) is 5.92 Å². The number of nitrogens with one attached hydrogen (secondary N) is 1. The van der Waals surface area contributed by atoms with E-state index in [2.05, 4.69) is 34.0 Å². The van der Waals surface area contributed by atoms with Gasteiger partial charge in [0.1, 0.15) is 17.0 Å². The number of nitrogens with two attached hydrogens (primary N) is 1. The molecule has 1 aliphatic carbocycles. The van der Waals surface area contributed by atoms with Gasteiger partial charge in [-0.1, -0.05) is 0 Å². The fourth-order valence-corrected chi connectivity index (χ4v) is 5.52. The number of nitrogen functional groups attached to an aromatic ring is 1. The SMILES string of the molecule is CCN(CCC#N)C(=O)C1CCc2c(sc3ncnc(Nc4ccc(N)c(S)c4)c23)C1. The van der Waals surface area contributed by atoms with Crippen molar-refractivity contribution in [1.82, 2.24) is 14.9 Å². The molecule has 9 heteroatoms. The number of aryl methyl sites for hydroxylation is 1. The van der Waals surface area contributed by atoms with Gasteiger partial charge in [-0.25, -0.2) is 9.97 Å². The Hall–Kier alpha value is -2.83. The lowest BCUT2D eigenvalue weighted by Gasteiger charge is -2.28. The minimum atomic E-state index is -0.0487. The molecular weight excluding hydrogens is 428 g/mol. The number of hydrogen-bond donors (Lipinski definition) is 3. The second-order valence-corrected chi connectivity index (χ2v) is 9.14. The van der Waals surface area contributed by atoms with Crippen LogP contribution in [0, 0.1) is 17.2 Å². The van der Waals surface area contributed by atoms with E-state index in [1.165, 1.54) is 10.4 Å². The highest BCUT2D eigenvalue weighted by molar-refractivity contribution is 7.80. The summed E-state index contributed by atoms with van der Waals surface area (Å²) >= 11 is 6.04. The third kappa shape index (κ3) is 4.31. The van der Waals surface area contributed by atoms with Crippen LogP contribution in [-0.4, -0.2) is 33.9 Å². The third-order valence-corrected chi connectivity index (χ3v) is 7.22. The average Bonchev–Trinajstić information content (AvgIpc) is 3.15. The minimum absolute atomic E-state index is 0.0487. The van der Waals surface area contributed by atoms with E-state index in [4.69, 9.17) is 11.0 Å². The largest absolute Gasteiger partial charge is 0.398 e. The normalized spacial score (nSPS) is 15.3. The van der Waals surface area contributed by atoms with E-state index in [0.717, 1.165) is 34.6 Å². The molecule has 1 atom stereocenters. The van der Waals surface area contributed by atoms with E-state index in [9.17, 15) is 4.79 Å². The van der Waals surface area contributed by atoms with Gasteiger partial charge in [-0.15, -0.1) is 24.0 Å². The summed E-state index contributed by atoms with van der Waals surface area (Å²) < 4.78 is 0. The number of nitrogens with zero attached hydrogens (tertiary/aromatic N) is 4. The molecule has 0 saturated carbocycles. The first-order chi connectivity index (χ1) is 15.0. The van der Waals surface area contributed by atoms with Crippen molar-refractivity contribution in [3.63, 3.8) is 0 Å². The predicted molar refractivity (Wildman–Crippen MR) is 127 cm³/mol. The Bertz CT molecular complexity index is 1170. The summed E-state index contributed by atoms with van der Waals surface area (Å²) in [5, 5.41) is 13.3. The van der Waals surface area contributed by atoms with E-state index in [1.54, 1.807) is 22.6 Å². The third-order valence-electron chi connectivity index (χ3n) is 5.67. The molecule has 160 valence electrons. The topological polar surface area (TPSA) is 108 Å². The lowest BCUT2D eigenvalue weighted by Crippen LogP contribution is -2.38. The number of thiol groups is 1. The molecule has 2 heterocycles. The Labute approximate surface area is 190 Å². The van der Waals surface area contributed by atoms with Crippen LogP contribution in [0.4, 0.5) is 17.2 Å². The molecule has 31 heavy (non-hydrogen) atoms. The number of anilines is 3. The highest BCUT2D eigenvalue weighted by atomic mass is 32.1. The number of rotatable bonds is 6. The lowest BCUT2D eigenvalue weighted by atomic mass is 9.86. The molecular formula is C22H24N6OS2. The van der Waals surface area contributed by atoms with Gasteiger partial charge in [0, 0.05) is 40.2 Å². The first-order valence-electron chi connectivity index (χ1n) is 10.3. The average molecular weight is 453 g/mol. The summed E-state index contributed by atoms with van der Waals surface area (Å²) in [7, 11) is 0. The molecule has 7 nitrogen and oxygen atoms in total. The Morgan fingerprint density at radius 3 is 3.03 bits per heavy atom. The standard InChI is InChI=1S/C22H24N6OS2/c1-2-28(9-3-8-23)22(29)13-4-6-15-18(10-13)31-21-19(15)20(25-12-26-21)27-14-5-7-16(24)17(30)11-14/h5,7,11-13,30H,2-4,6,9-10,24H2,1H3,(H,25,26,27). The van der Waals surface area contributed by atoms with E-state index in [1.807, 2.05) is 25.1 Å². The van der Waals surface area contributed by atoms with Crippen LogP contribution in [0.25, 0.3) is 10.2 Å². The van der Waals surface area contributed by atoms with Crippen molar-refractivity contribution in [2.75, 3.05) is 24.1 Å². The molecule has 2 aromatic heterocycles. The van der Waals surface area contributed by atoms with Gasteiger partial charge in [-0.05, 0) is 49.9 Å². The van der Waals surface area contributed by atoms with Gasteiger partial charge in [-0.3, -0.25) is 4.79 Å². The van der Waals surface area contributed by atoms with Crippen LogP contribution in [0.3, 0.4) is 0 Å². The monoisotopic (exact) mass is 452 g/mol. The second kappa shape index (κ2) is 9.12. The quantitative estimate of drug-likeness (QED) is 0.383. The van der Waals surface area contributed by atoms with Gasteiger partial charge in [0.2, 0.25) is 5.91 Å². The Morgan fingerprint density at radius 1 is 1.45 bits per heavy atom. The van der Waals surface area contributed by atoms with Crippen LogP contribution in [0.5, 0.6) is 0 Å². The van der Waals surface area contributed by atoms with Gasteiger partial charge >= 0.3 is 0 Å². The number of carbonyl (C=O) groups is 1. The Morgan fingerprint density at radius 2 is 2.29 bits per heavy atom. The summed E-state index contributed by atoms with van der Waals surface area (Å²) in [5.41, 5.74) is 8.58. The van der Waals surface area contributed by atoms with Gasteiger partial charge in [0.05, 0.1) is 17.9 Å². The highest BCUT2D eigenvalue weighted by Crippen LogP contribution is 2.41. The highest BCUT2D eigenvalue weighted by Gasteiger charge is 2.31. The zero-order valence-corrected chi connectivity index (χ0v) is 19.0. The van der Waals surface area contributed by atoms with Crippen LogP contribution in [0.1, 0.15) is 30.2 Å². The molecule has 0 fully saturated rings. The summed E-state index contributed by atoms with van der Waals surface area (Å²) in [4.78, 5) is 26.6. The van der Waals surface area contributed by atoms with Gasteiger partial charge < -0.3 is 16.0 Å². The van der Waals surface area contributed by atoms with Crippen molar-refractivity contribution >= 4 is 57.3 Å². The van der Waals surface area contributed by atoms with E-state index >= 15 is 0 Å². The molecule has 3 aromatic rings. The van der Waals surface area contributed by atoms with Crippen molar-refractivity contribution in [1.29, 1.82) is 5.26 Å². The number of thiophene rings is 1. The maximum atomic E-state index is 13.0. The van der Waals surface area contributed by atoms with Gasteiger partial charge in [0.15, 0.2) is 0 Å². The van der Waals surface area contributed by atoms with Crippen molar-refractivity contribution in [2.45, 2.75) is 37.5 Å². The van der Waals surface area contributed by atoms with Crippen LogP contribution in [0.15, 0.2) is 29.4 Å². The van der Waals surface area contributed by atoms with Crippen molar-refractivity contribution in [3.05, 3.63) is 35.0 Å². The van der Waals surface area contributed by atoms with Gasteiger partial charge in [-0.2, -0.15) is 5.26 Å². The van der Waals surface area contributed by atoms with Crippen LogP contribution in [0.2, 0.25) is 0 Å². The molecule has 1 unspecified atom stereocenters. The fraction of sp³-hybridized carbons (Fsp3) is 0.364. The summed E-state index contributed by atoms with van der Waals surface area (Å²) in [6.45, 7) is 3.09. The number of aromatic nitrogens is 2. The van der Waals surface area contributed by atoms with Gasteiger partial charge in [0.25, 0.3) is 0 Å². The molecule has 1 amide bonds. The summed E-state index contributed by atoms with van der Waals surface area (Å²) in [6.07, 6.45) is 4.24. The number of carbonyl (C=O) groups excluding carboxylic acids is 1. The summed E-state index contributed by atoms with van der Waals surface area (Å²) in [5.74, 6) is 0.856. The summed E-state index contributed by atoms with van der Waals surface area (Å²) in [6, 6.07) is 7.72. The molecule has 0 saturated heterocycles. The molecule has 0 aliphatic heterocycles. The van der Waals surface area contributed by atoms with E-state index in [0.29, 0.717) is 36.5 Å². The number of hydrogen-bond acceptors (Lipinski definition) is 8. The molecule has 0 bridgehead atoms. The number of nitriles is 1. The predicted octanol–water partition coefficient (Wildman–Crippen LogP) is 4.17. The lowest BCUT2D eigenvalue weighted by molar-refractivity contribution is -0.135. The minimum Gasteiger partial charge on any atom is -0.398 e. The molecule has 0 radical (unpaired) electrons. The van der Waals surface area contributed by atoms with Crippen LogP contribution < -0.4 is 11.1 Å². The number of benzene rings is 1. The van der Waals surface area contributed by atoms with Crippen molar-refractivity contribution < 1.29 is 4.79 Å². The van der Waals surface area contributed by atoms with Crippen molar-refractivity contribution in [3.8, 4) is 6.07 Å². The molecule has 3 N–H and O–H groups in total. The maximum Gasteiger partial charge on any atom is 0.226 e. The molecule has 0 spiro atoms. The molecule has 1 aliphatic rings. The zero-order chi connectivity index (χ0) is 22.0. The van der Waals surface area contributed by atoms with E-state index < -0.39 is 0 Å². The Balaban J connectivity index is 1.61. The van der Waals surface area contributed by atoms with Crippen LogP contribution >= 0.6 is 24.0 Å². The number of amides is 1. The van der Waals surface area contributed by atoms with Crippen LogP contribution in [-0.2, 0) is 17.6 Å². The zero-order valence-electron chi connectivity index (χ0n) is 17.3. The fourth-order valence-electron chi connectivity index (χ4n) is 4.04. The smallest absolute Gasteiger partial charge is 0.226 e. The first kappa shape index (κ1) is 21.4.